The molecule has 1 N–H and O–H groups in total. The van der Waals surface area contributed by atoms with Gasteiger partial charge in [-0.2, -0.15) is 5.10 Å². The van der Waals surface area contributed by atoms with Crippen LogP contribution in [0.1, 0.15) is 47.4 Å². The zero-order chi connectivity index (χ0) is 26.7. The minimum atomic E-state index is -0.250. The predicted octanol–water partition coefficient (Wildman–Crippen LogP) is 5.42. The van der Waals surface area contributed by atoms with Crippen molar-refractivity contribution < 1.29 is 9.84 Å². The third kappa shape index (κ3) is 5.55. The smallest absolute Gasteiger partial charge is 0.204 e. The number of phenols is 1. The Morgan fingerprint density at radius 2 is 1.78 bits per heavy atom. The number of aliphatic imine (C=N–C) groups is 1. The van der Waals surface area contributed by atoms with E-state index in [0.29, 0.717) is 29.5 Å². The molecule has 1 aliphatic rings. The normalized spacial score (nSPS) is 14.2. The van der Waals surface area contributed by atoms with Crippen LogP contribution in [0.4, 0.5) is 15.7 Å². The highest BCUT2D eigenvalue weighted by molar-refractivity contribution is 7.19. The van der Waals surface area contributed by atoms with Crippen LogP contribution < -0.4 is 9.80 Å². The highest BCUT2D eigenvalue weighted by atomic mass is 32.1. The number of thiophene rings is 1. The molecule has 3 heterocycles. The Labute approximate surface area is 223 Å². The first-order chi connectivity index (χ1) is 17.7. The lowest BCUT2D eigenvalue weighted by atomic mass is 9.87. The second kappa shape index (κ2) is 11.0. The number of ether oxygens (including phenoxy) is 1. The monoisotopic (exact) mass is 523 g/mol. The van der Waals surface area contributed by atoms with Gasteiger partial charge >= 0.3 is 0 Å². The molecule has 2 aromatic heterocycles. The van der Waals surface area contributed by atoms with E-state index in [9.17, 15) is 5.11 Å². The van der Waals surface area contributed by atoms with Gasteiger partial charge in [-0.05, 0) is 51.1 Å². The lowest BCUT2D eigenvalue weighted by Gasteiger charge is -2.21. The van der Waals surface area contributed by atoms with Crippen LogP contribution in [0.25, 0.3) is 11.4 Å². The number of likely N-dealkylation sites (N-methyl/N-ethyl adjacent to an activating group) is 1. The Hall–Kier alpha value is -3.24. The van der Waals surface area contributed by atoms with Crippen LogP contribution in [0.15, 0.2) is 40.4 Å². The summed E-state index contributed by atoms with van der Waals surface area (Å²) in [7, 11) is 1.72. The van der Waals surface area contributed by atoms with E-state index >= 15 is 0 Å². The van der Waals surface area contributed by atoms with Crippen molar-refractivity contribution in [2.45, 2.75) is 41.5 Å². The first-order valence-corrected chi connectivity index (χ1v) is 13.6. The van der Waals surface area contributed by atoms with Crippen LogP contribution in [-0.4, -0.2) is 71.3 Å². The number of nitrogens with zero attached hydrogens (tertiary/aromatic N) is 7. The van der Waals surface area contributed by atoms with Crippen molar-refractivity contribution in [2.75, 3.05) is 49.7 Å². The molecule has 0 atom stereocenters. The molecule has 0 saturated carbocycles. The quantitative estimate of drug-likeness (QED) is 0.382. The van der Waals surface area contributed by atoms with E-state index in [2.05, 4.69) is 62.5 Å². The highest BCUT2D eigenvalue weighted by Crippen LogP contribution is 2.36. The van der Waals surface area contributed by atoms with E-state index in [1.54, 1.807) is 29.3 Å². The summed E-state index contributed by atoms with van der Waals surface area (Å²) in [6.45, 7) is 16.8. The number of anilines is 2. The van der Waals surface area contributed by atoms with Crippen LogP contribution in [0.3, 0.4) is 0 Å². The first kappa shape index (κ1) is 26.8. The van der Waals surface area contributed by atoms with Crippen LogP contribution in [0, 0.1) is 5.41 Å². The van der Waals surface area contributed by atoms with E-state index < -0.39 is 0 Å². The standard InChI is InChI=1S/C27H37N7O2S/c1-8-32(9-2)18-11-12-20(35)19(17-18)25-29-26-23(24(27(4,5)6)30-34(26)31-25)28-21-13-14-22(37-21)33(10-3)15-16-36-7/h11-14,17,35H,8-10,15-16H2,1-7H3/b28-23-. The fourth-order valence-corrected chi connectivity index (χ4v) is 5.24. The Bertz CT molecular complexity index is 1300. The molecule has 9 nitrogen and oxygen atoms in total. The number of rotatable bonds is 10. The number of aromatic hydroxyl groups is 1. The SMILES string of the molecule is CCN(CC)c1ccc(O)c(-c2nc3n(n2)N=C(C(C)(C)C)/C3=N/c2ccc(N(CC)CCOC)s2)c1. The fourth-order valence-electron chi connectivity index (χ4n) is 4.26. The van der Waals surface area contributed by atoms with E-state index in [-0.39, 0.29) is 11.2 Å². The second-order valence-corrected chi connectivity index (χ2v) is 10.9. The van der Waals surface area contributed by atoms with Crippen LogP contribution in [0.5, 0.6) is 5.75 Å². The number of aromatic nitrogens is 3. The van der Waals surface area contributed by atoms with Crippen molar-refractivity contribution in [3.63, 3.8) is 0 Å². The van der Waals surface area contributed by atoms with Gasteiger partial charge in [0.25, 0.3) is 0 Å². The first-order valence-electron chi connectivity index (χ1n) is 12.8. The van der Waals surface area contributed by atoms with Gasteiger partial charge in [0.15, 0.2) is 5.82 Å². The third-order valence-electron chi connectivity index (χ3n) is 6.34. The fraction of sp³-hybridized carbons (Fsp3) is 0.481. The van der Waals surface area contributed by atoms with Crippen molar-refractivity contribution in [1.29, 1.82) is 0 Å². The Balaban J connectivity index is 1.74. The molecule has 0 radical (unpaired) electrons. The molecule has 0 unspecified atom stereocenters. The summed E-state index contributed by atoms with van der Waals surface area (Å²) in [4.78, 5) is 15.9. The van der Waals surface area contributed by atoms with Gasteiger partial charge in [0.2, 0.25) is 5.82 Å². The lowest BCUT2D eigenvalue weighted by molar-refractivity contribution is 0.205. The zero-order valence-corrected chi connectivity index (χ0v) is 23.6. The van der Waals surface area contributed by atoms with Crippen LogP contribution in [0.2, 0.25) is 0 Å². The largest absolute Gasteiger partial charge is 0.507 e. The predicted molar refractivity (Wildman–Crippen MR) is 153 cm³/mol. The number of hydrogen-bond donors (Lipinski definition) is 1. The van der Waals surface area contributed by atoms with Gasteiger partial charge in [-0.25, -0.2) is 9.98 Å². The number of benzene rings is 1. The van der Waals surface area contributed by atoms with Gasteiger partial charge in [0.05, 0.1) is 22.9 Å². The molecule has 1 aliphatic heterocycles. The number of hydrogen-bond acceptors (Lipinski definition) is 9. The van der Waals surface area contributed by atoms with Crippen LogP contribution >= 0.6 is 11.3 Å². The van der Waals surface area contributed by atoms with E-state index in [1.165, 1.54) is 0 Å². The molecule has 0 bridgehead atoms. The van der Waals surface area contributed by atoms with Gasteiger partial charge in [0, 0.05) is 44.4 Å². The Morgan fingerprint density at radius 1 is 1.05 bits per heavy atom. The molecule has 0 aliphatic carbocycles. The average molecular weight is 524 g/mol. The van der Waals surface area contributed by atoms with E-state index in [4.69, 9.17) is 19.8 Å². The number of methoxy groups -OCH3 is 1. The lowest BCUT2D eigenvalue weighted by Crippen LogP contribution is -2.27. The van der Waals surface area contributed by atoms with Crippen molar-refractivity contribution >= 4 is 38.4 Å². The van der Waals surface area contributed by atoms with Gasteiger partial charge < -0.3 is 19.6 Å². The topological polar surface area (TPSA) is 91.4 Å². The Morgan fingerprint density at radius 3 is 2.43 bits per heavy atom. The highest BCUT2D eigenvalue weighted by Gasteiger charge is 2.35. The average Bonchev–Trinajstić information content (AvgIpc) is 3.57. The van der Waals surface area contributed by atoms with Crippen molar-refractivity contribution in [3.05, 3.63) is 36.2 Å². The van der Waals surface area contributed by atoms with Crippen molar-refractivity contribution in [3.8, 4) is 17.1 Å². The molecule has 1 aromatic carbocycles. The minimum Gasteiger partial charge on any atom is -0.507 e. The zero-order valence-electron chi connectivity index (χ0n) is 22.8. The van der Waals surface area contributed by atoms with Crippen LogP contribution in [-0.2, 0) is 4.74 Å². The second-order valence-electron chi connectivity index (χ2n) is 9.87. The summed E-state index contributed by atoms with van der Waals surface area (Å²) in [5, 5.41) is 22.1. The molecule has 10 heteroatoms. The molecule has 3 aromatic rings. The molecular formula is C27H37N7O2S. The maximum atomic E-state index is 10.6. The summed E-state index contributed by atoms with van der Waals surface area (Å²) in [5.74, 6) is 1.14. The minimum absolute atomic E-state index is 0.136. The molecule has 37 heavy (non-hydrogen) atoms. The Kier molecular flexibility index (Phi) is 7.99. The summed E-state index contributed by atoms with van der Waals surface area (Å²) in [6.07, 6.45) is 0. The molecule has 198 valence electrons. The van der Waals surface area contributed by atoms with Gasteiger partial charge in [-0.15, -0.1) is 9.89 Å². The van der Waals surface area contributed by atoms with Crippen molar-refractivity contribution in [1.82, 2.24) is 14.9 Å². The number of phenolic OH excluding ortho intramolecular Hbond substituents is 1. The number of fused-ring (bicyclic) bond motifs is 1. The molecular weight excluding hydrogens is 486 g/mol. The molecule has 0 amide bonds. The third-order valence-corrected chi connectivity index (χ3v) is 7.38. The molecule has 0 spiro atoms. The van der Waals surface area contributed by atoms with Crippen molar-refractivity contribution in [2.24, 2.45) is 15.5 Å². The van der Waals surface area contributed by atoms with E-state index in [1.807, 2.05) is 18.2 Å². The summed E-state index contributed by atoms with van der Waals surface area (Å²) >= 11 is 1.63. The van der Waals surface area contributed by atoms with E-state index in [0.717, 1.165) is 47.6 Å². The summed E-state index contributed by atoms with van der Waals surface area (Å²) in [6, 6.07) is 9.67. The molecule has 4 rings (SSSR count). The van der Waals surface area contributed by atoms with Gasteiger partial charge in [-0.3, -0.25) is 0 Å². The summed E-state index contributed by atoms with van der Waals surface area (Å²) in [5.41, 5.74) is 2.88. The maximum Gasteiger partial charge on any atom is 0.204 e. The summed E-state index contributed by atoms with van der Waals surface area (Å²) < 4.78 is 5.26. The van der Waals surface area contributed by atoms with Gasteiger partial charge in [0.1, 0.15) is 16.5 Å². The molecule has 0 saturated heterocycles. The maximum absolute atomic E-state index is 10.6. The van der Waals surface area contributed by atoms with Gasteiger partial charge in [-0.1, -0.05) is 32.1 Å². The molecule has 0 fully saturated rings.